The monoisotopic (exact) mass is 372 g/mol. The first kappa shape index (κ1) is 17.3. The molecule has 1 aliphatic rings. The Morgan fingerprint density at radius 3 is 2.68 bits per heavy atom. The quantitative estimate of drug-likeness (QED) is 0.869. The number of hydrogen-bond acceptors (Lipinski definition) is 3. The van der Waals surface area contributed by atoms with Gasteiger partial charge in [-0.25, -0.2) is 0 Å². The van der Waals surface area contributed by atoms with Gasteiger partial charge in [0.1, 0.15) is 11.8 Å². The number of nitrogens with one attached hydrogen (secondary N) is 2. The zero-order chi connectivity index (χ0) is 18.2. The average molecular weight is 373 g/mol. The van der Waals surface area contributed by atoms with E-state index in [9.17, 15) is 22.8 Å². The predicted octanol–water partition coefficient (Wildman–Crippen LogP) is 3.24. The molecule has 5 nitrogen and oxygen atoms in total. The van der Waals surface area contributed by atoms with Crippen LogP contribution in [0.1, 0.15) is 22.5 Å². The van der Waals surface area contributed by atoms with Crippen LogP contribution in [0.3, 0.4) is 0 Å². The molecule has 9 heteroatoms. The zero-order valence-corrected chi connectivity index (χ0v) is 13.4. The van der Waals surface area contributed by atoms with E-state index in [1.807, 2.05) is 0 Å². The third-order valence-electron chi connectivity index (χ3n) is 3.74. The normalized spacial score (nSPS) is 17.4. The van der Waals surface area contributed by atoms with E-state index >= 15 is 0 Å². The van der Waals surface area contributed by atoms with Crippen LogP contribution in [0, 0.1) is 0 Å². The molecule has 3 rings (SSSR count). The molecule has 1 aromatic heterocycles. The van der Waals surface area contributed by atoms with Crippen molar-refractivity contribution in [1.82, 2.24) is 10.6 Å². The van der Waals surface area contributed by atoms with Gasteiger partial charge in [0, 0.05) is 12.1 Å². The summed E-state index contributed by atoms with van der Waals surface area (Å²) < 4.78 is 43.8. The second-order valence-corrected chi connectivity index (χ2v) is 5.87. The summed E-state index contributed by atoms with van der Waals surface area (Å²) in [6.45, 7) is 0.465. The molecule has 0 spiro atoms. The summed E-state index contributed by atoms with van der Waals surface area (Å²) in [6, 6.07) is 4.84. The van der Waals surface area contributed by atoms with Crippen molar-refractivity contribution >= 4 is 23.4 Å². The van der Waals surface area contributed by atoms with E-state index < -0.39 is 23.7 Å². The minimum atomic E-state index is -4.53. The van der Waals surface area contributed by atoms with Crippen molar-refractivity contribution in [1.29, 1.82) is 0 Å². The van der Waals surface area contributed by atoms with Crippen molar-refractivity contribution in [2.75, 3.05) is 6.54 Å². The number of rotatable bonds is 3. The standard InChI is InChI=1S/C16H12ClF3N2O3/c17-10-2-1-8(16(18,19)20)7-9(10)12-3-4-13(25-12)15(24)22-11-5-6-21-14(11)23/h1-4,7,11H,5-6H2,(H,21,23)(H,22,24)/t11-/m0/s1. The van der Waals surface area contributed by atoms with E-state index in [0.717, 1.165) is 18.2 Å². The maximum Gasteiger partial charge on any atom is 0.416 e. The molecule has 132 valence electrons. The molecule has 1 aromatic carbocycles. The van der Waals surface area contributed by atoms with Crippen LogP contribution in [-0.4, -0.2) is 24.4 Å². The lowest BCUT2D eigenvalue weighted by atomic mass is 10.1. The summed E-state index contributed by atoms with van der Waals surface area (Å²) in [5.74, 6) is -1.02. The van der Waals surface area contributed by atoms with Crippen molar-refractivity contribution in [2.24, 2.45) is 0 Å². The summed E-state index contributed by atoms with van der Waals surface area (Å²) in [5.41, 5.74) is -0.855. The second-order valence-electron chi connectivity index (χ2n) is 5.46. The van der Waals surface area contributed by atoms with Crippen LogP contribution in [0.2, 0.25) is 5.02 Å². The number of benzene rings is 1. The highest BCUT2D eigenvalue weighted by Gasteiger charge is 2.31. The van der Waals surface area contributed by atoms with Crippen LogP contribution in [0.4, 0.5) is 13.2 Å². The van der Waals surface area contributed by atoms with Gasteiger partial charge >= 0.3 is 6.18 Å². The number of hydrogen-bond donors (Lipinski definition) is 2. The molecule has 2 amide bonds. The molecule has 25 heavy (non-hydrogen) atoms. The smallest absolute Gasteiger partial charge is 0.416 e. The van der Waals surface area contributed by atoms with E-state index in [0.29, 0.717) is 13.0 Å². The summed E-state index contributed by atoms with van der Waals surface area (Å²) in [5, 5.41) is 5.14. The number of halogens is 4. The molecule has 1 aliphatic heterocycles. The van der Waals surface area contributed by atoms with Gasteiger partial charge in [0.05, 0.1) is 10.6 Å². The highest BCUT2D eigenvalue weighted by Crippen LogP contribution is 2.36. The Kier molecular flexibility index (Phi) is 4.47. The average Bonchev–Trinajstić information content (AvgIpc) is 3.16. The van der Waals surface area contributed by atoms with E-state index in [2.05, 4.69) is 10.6 Å². The van der Waals surface area contributed by atoms with Gasteiger partial charge in [0.25, 0.3) is 5.91 Å². The van der Waals surface area contributed by atoms with Crippen LogP contribution in [0.5, 0.6) is 0 Å². The molecule has 0 radical (unpaired) electrons. The first-order valence-corrected chi connectivity index (χ1v) is 7.69. The van der Waals surface area contributed by atoms with Gasteiger partial charge in [-0.1, -0.05) is 11.6 Å². The number of alkyl halides is 3. The van der Waals surface area contributed by atoms with E-state index in [4.69, 9.17) is 16.0 Å². The van der Waals surface area contributed by atoms with Gasteiger partial charge in [-0.15, -0.1) is 0 Å². The van der Waals surface area contributed by atoms with Crippen LogP contribution >= 0.6 is 11.6 Å². The van der Waals surface area contributed by atoms with Crippen LogP contribution in [0.25, 0.3) is 11.3 Å². The summed E-state index contributed by atoms with van der Waals surface area (Å²) in [7, 11) is 0. The topological polar surface area (TPSA) is 71.3 Å². The molecule has 2 N–H and O–H groups in total. The summed E-state index contributed by atoms with van der Waals surface area (Å²) in [4.78, 5) is 23.6. The van der Waals surface area contributed by atoms with Gasteiger partial charge in [-0.3, -0.25) is 9.59 Å². The molecule has 1 atom stereocenters. The molecule has 0 bridgehead atoms. The molecule has 0 aliphatic carbocycles. The van der Waals surface area contributed by atoms with Crippen LogP contribution in [0.15, 0.2) is 34.7 Å². The van der Waals surface area contributed by atoms with Gasteiger partial charge in [0.15, 0.2) is 5.76 Å². The summed E-state index contributed by atoms with van der Waals surface area (Å²) in [6.07, 6.45) is -4.07. The minimum absolute atomic E-state index is 0.0224. The molecule has 1 fully saturated rings. The fraction of sp³-hybridized carbons (Fsp3) is 0.250. The Morgan fingerprint density at radius 2 is 2.04 bits per heavy atom. The Morgan fingerprint density at radius 1 is 1.28 bits per heavy atom. The Hall–Kier alpha value is -2.48. The maximum absolute atomic E-state index is 12.8. The van der Waals surface area contributed by atoms with Gasteiger partial charge < -0.3 is 15.1 Å². The Bertz CT molecular complexity index is 832. The van der Waals surface area contributed by atoms with Gasteiger partial charge in [-0.05, 0) is 36.8 Å². The SMILES string of the molecule is O=C(N[C@H]1CCNC1=O)c1ccc(-c2cc(C(F)(F)F)ccc2Cl)o1. The zero-order valence-electron chi connectivity index (χ0n) is 12.6. The number of carbonyl (C=O) groups is 2. The van der Waals surface area contributed by atoms with E-state index in [1.54, 1.807) is 0 Å². The number of carbonyl (C=O) groups excluding carboxylic acids is 2. The van der Waals surface area contributed by atoms with Crippen molar-refractivity contribution in [3.8, 4) is 11.3 Å². The third kappa shape index (κ3) is 3.63. The Balaban J connectivity index is 1.84. The maximum atomic E-state index is 12.8. The molecular weight excluding hydrogens is 361 g/mol. The van der Waals surface area contributed by atoms with Crippen LogP contribution in [-0.2, 0) is 11.0 Å². The van der Waals surface area contributed by atoms with Crippen molar-refractivity contribution in [3.05, 3.63) is 46.7 Å². The van der Waals surface area contributed by atoms with E-state index in [-0.39, 0.29) is 28.0 Å². The lowest BCUT2D eigenvalue weighted by molar-refractivity contribution is -0.137. The predicted molar refractivity (Wildman–Crippen MR) is 83.0 cm³/mol. The lowest BCUT2D eigenvalue weighted by Gasteiger charge is -2.09. The highest BCUT2D eigenvalue weighted by molar-refractivity contribution is 6.33. The molecule has 0 unspecified atom stereocenters. The first-order chi connectivity index (χ1) is 11.8. The van der Waals surface area contributed by atoms with Crippen LogP contribution < -0.4 is 10.6 Å². The fourth-order valence-corrected chi connectivity index (χ4v) is 2.67. The molecule has 0 saturated carbocycles. The van der Waals surface area contributed by atoms with Crippen molar-refractivity contribution in [3.63, 3.8) is 0 Å². The lowest BCUT2D eigenvalue weighted by Crippen LogP contribution is -2.39. The first-order valence-electron chi connectivity index (χ1n) is 7.31. The second kappa shape index (κ2) is 6.44. The molecule has 2 aromatic rings. The van der Waals surface area contributed by atoms with Crippen molar-refractivity contribution in [2.45, 2.75) is 18.6 Å². The highest BCUT2D eigenvalue weighted by atomic mass is 35.5. The Labute approximate surface area is 145 Å². The fourth-order valence-electron chi connectivity index (χ4n) is 2.46. The third-order valence-corrected chi connectivity index (χ3v) is 4.07. The largest absolute Gasteiger partial charge is 0.451 e. The molecule has 2 heterocycles. The molecule has 1 saturated heterocycles. The van der Waals surface area contributed by atoms with Gasteiger partial charge in [-0.2, -0.15) is 13.2 Å². The van der Waals surface area contributed by atoms with Crippen molar-refractivity contribution < 1.29 is 27.2 Å². The van der Waals surface area contributed by atoms with E-state index in [1.165, 1.54) is 12.1 Å². The number of amides is 2. The minimum Gasteiger partial charge on any atom is -0.451 e. The summed E-state index contributed by atoms with van der Waals surface area (Å²) >= 11 is 5.95. The van der Waals surface area contributed by atoms with Gasteiger partial charge in [0.2, 0.25) is 5.91 Å². The molecular formula is C16H12ClF3N2O3. The number of furan rings is 1.